The van der Waals surface area contributed by atoms with Crippen molar-refractivity contribution in [1.82, 2.24) is 20.6 Å². The molecular formula is C33H42N4O6S2. The molecule has 242 valence electrons. The summed E-state index contributed by atoms with van der Waals surface area (Å²) in [5.74, 6) is -1.16. The molecule has 4 atom stereocenters. The van der Waals surface area contributed by atoms with E-state index in [1.807, 2.05) is 52.0 Å². The third kappa shape index (κ3) is 7.61. The van der Waals surface area contributed by atoms with Gasteiger partial charge in [0.15, 0.2) is 0 Å². The molecule has 0 aromatic carbocycles. The Bertz CT molecular complexity index is 1680. The van der Waals surface area contributed by atoms with E-state index < -0.39 is 11.9 Å². The summed E-state index contributed by atoms with van der Waals surface area (Å²) in [6, 6.07) is -0.257. The predicted octanol–water partition coefficient (Wildman–Crippen LogP) is 2.64. The van der Waals surface area contributed by atoms with Gasteiger partial charge in [0, 0.05) is 69.7 Å². The fourth-order valence-electron chi connectivity index (χ4n) is 6.31. The molecule has 2 aliphatic heterocycles. The Hall–Kier alpha value is -3.64. The zero-order valence-electron chi connectivity index (χ0n) is 26.0. The number of thiol groups is 2. The number of carbonyl (C=O) groups excluding carboxylic acids is 2. The van der Waals surface area contributed by atoms with Crippen LogP contribution in [0.4, 0.5) is 0 Å². The second-order valence-electron chi connectivity index (χ2n) is 11.8. The summed E-state index contributed by atoms with van der Waals surface area (Å²) in [5, 5.41) is 26.5. The van der Waals surface area contributed by atoms with E-state index in [0.29, 0.717) is 28.1 Å². The maximum absolute atomic E-state index is 12.6. The maximum Gasteiger partial charge on any atom is 0.303 e. The van der Waals surface area contributed by atoms with Crippen molar-refractivity contribution in [3.8, 4) is 0 Å². The molecule has 2 fully saturated rings. The lowest BCUT2D eigenvalue weighted by molar-refractivity contribution is -0.138. The predicted molar refractivity (Wildman–Crippen MR) is 181 cm³/mol. The molecule has 4 heterocycles. The van der Waals surface area contributed by atoms with Crippen molar-refractivity contribution in [2.45, 2.75) is 65.8 Å². The Morgan fingerprint density at radius 1 is 0.867 bits per heavy atom. The van der Waals surface area contributed by atoms with Crippen LogP contribution in [-0.4, -0.2) is 61.5 Å². The number of hydrogen-bond acceptors (Lipinski definition) is 6. The number of aromatic nitrogens is 2. The van der Waals surface area contributed by atoms with E-state index in [9.17, 15) is 29.4 Å². The first-order chi connectivity index (χ1) is 21.4. The molecule has 1 unspecified atom stereocenters. The fourth-order valence-corrected chi connectivity index (χ4v) is 6.79. The average Bonchev–Trinajstić information content (AvgIpc) is 3.61. The van der Waals surface area contributed by atoms with Gasteiger partial charge in [0.05, 0.1) is 6.04 Å². The molecule has 2 saturated heterocycles. The minimum atomic E-state index is -0.916. The highest BCUT2D eigenvalue weighted by Crippen LogP contribution is 2.32. The number of allylic oxidation sites excluding steroid dienone is 1. The standard InChI is InChI=1S/C33H42N4O6S2/c1-16-20(5-7-30(38)39)27(34-24(16)13-26-18(3)23(10-12-45)33(43)36-26)15-28-21(6-8-31(40)41)17(2)25(35-28)14-29-22(9-11-44)19(4)32(42)37-29/h10,13-15,18-19,22,26,34-35,44-45H,5-9,11-12H2,1-4H3,(H,36,43)(H,37,42)(H,38,39)(H,40,41)/b23-10-,24-13+,27-15-,29-14-/t18?,19-,22-,26-/m1/s1. The van der Waals surface area contributed by atoms with E-state index >= 15 is 0 Å². The van der Waals surface area contributed by atoms with Gasteiger partial charge in [-0.3, -0.25) is 19.2 Å². The SMILES string of the molecule is Cc1c(/C=C2\NC(=O)[C@H](C)[C@H]2CCS)[nH]c(/C=c2\[nH]/c(=C/[C@H]3NC(=O)/C(=C\CS)C3C)c(C)c2CCC(=O)O)c1CCC(=O)O. The number of rotatable bonds is 12. The summed E-state index contributed by atoms with van der Waals surface area (Å²) in [6.45, 7) is 7.73. The molecule has 0 bridgehead atoms. The van der Waals surface area contributed by atoms with Crippen LogP contribution in [0.2, 0.25) is 0 Å². The van der Waals surface area contributed by atoms with Gasteiger partial charge in [0.2, 0.25) is 11.8 Å². The minimum Gasteiger partial charge on any atom is -0.481 e. The average molecular weight is 655 g/mol. The number of carboxylic acids is 2. The lowest BCUT2D eigenvalue weighted by atomic mass is 9.91. The molecule has 0 radical (unpaired) electrons. The van der Waals surface area contributed by atoms with E-state index in [0.717, 1.165) is 45.4 Å². The monoisotopic (exact) mass is 654 g/mol. The van der Waals surface area contributed by atoms with Gasteiger partial charge in [-0.15, -0.1) is 0 Å². The summed E-state index contributed by atoms with van der Waals surface area (Å²) in [7, 11) is 0. The molecule has 2 amide bonds. The highest BCUT2D eigenvalue weighted by Gasteiger charge is 2.35. The van der Waals surface area contributed by atoms with Crippen molar-refractivity contribution in [3.63, 3.8) is 0 Å². The second kappa shape index (κ2) is 14.6. The maximum atomic E-state index is 12.6. The van der Waals surface area contributed by atoms with Crippen molar-refractivity contribution >= 4 is 67.2 Å². The van der Waals surface area contributed by atoms with Crippen LogP contribution in [0.15, 0.2) is 17.3 Å². The first kappa shape index (κ1) is 34.2. The number of aromatic amines is 2. The smallest absolute Gasteiger partial charge is 0.303 e. The van der Waals surface area contributed by atoms with Crippen LogP contribution in [0.1, 0.15) is 66.8 Å². The fraction of sp³-hybridized carbons (Fsp3) is 0.455. The number of carboxylic acid groups (broad SMARTS) is 2. The summed E-state index contributed by atoms with van der Waals surface area (Å²) >= 11 is 8.62. The van der Waals surface area contributed by atoms with Gasteiger partial charge in [-0.05, 0) is 79.3 Å². The first-order valence-electron chi connectivity index (χ1n) is 15.2. The summed E-state index contributed by atoms with van der Waals surface area (Å²) < 4.78 is 0. The minimum absolute atomic E-state index is 0.000891. The summed E-state index contributed by atoms with van der Waals surface area (Å²) in [6.07, 6.45) is 8.77. The highest BCUT2D eigenvalue weighted by atomic mass is 32.1. The van der Waals surface area contributed by atoms with Crippen LogP contribution in [0.5, 0.6) is 0 Å². The molecule has 45 heavy (non-hydrogen) atoms. The van der Waals surface area contributed by atoms with Gasteiger partial charge in [0.25, 0.3) is 0 Å². The normalized spacial score (nSPS) is 24.2. The molecule has 10 nitrogen and oxygen atoms in total. The Morgan fingerprint density at radius 3 is 2.16 bits per heavy atom. The molecule has 0 spiro atoms. The van der Waals surface area contributed by atoms with E-state index in [1.165, 1.54) is 0 Å². The summed E-state index contributed by atoms with van der Waals surface area (Å²) in [4.78, 5) is 55.1. The van der Waals surface area contributed by atoms with Crippen molar-refractivity contribution in [1.29, 1.82) is 0 Å². The summed E-state index contributed by atoms with van der Waals surface area (Å²) in [5.41, 5.74) is 6.37. The van der Waals surface area contributed by atoms with Gasteiger partial charge in [-0.2, -0.15) is 25.3 Å². The molecular weight excluding hydrogens is 613 g/mol. The van der Waals surface area contributed by atoms with Gasteiger partial charge in [-0.1, -0.05) is 19.9 Å². The van der Waals surface area contributed by atoms with Crippen molar-refractivity contribution < 1.29 is 29.4 Å². The van der Waals surface area contributed by atoms with Crippen LogP contribution in [0, 0.1) is 31.6 Å². The molecule has 0 aliphatic carbocycles. The van der Waals surface area contributed by atoms with Gasteiger partial charge >= 0.3 is 11.9 Å². The van der Waals surface area contributed by atoms with Gasteiger partial charge in [0.1, 0.15) is 0 Å². The van der Waals surface area contributed by atoms with Crippen LogP contribution in [0.25, 0.3) is 18.2 Å². The van der Waals surface area contributed by atoms with Crippen LogP contribution >= 0.6 is 25.3 Å². The Balaban J connectivity index is 1.86. The number of H-pyrrole nitrogens is 2. The number of hydrogen-bond donors (Lipinski definition) is 8. The lowest BCUT2D eigenvalue weighted by Crippen LogP contribution is -2.28. The third-order valence-electron chi connectivity index (χ3n) is 9.04. The Morgan fingerprint density at radius 2 is 1.53 bits per heavy atom. The van der Waals surface area contributed by atoms with Gasteiger partial charge < -0.3 is 30.8 Å². The number of aliphatic carboxylic acids is 2. The van der Waals surface area contributed by atoms with E-state index in [1.54, 1.807) is 0 Å². The number of carbonyl (C=O) groups is 4. The van der Waals surface area contributed by atoms with Gasteiger partial charge in [-0.25, -0.2) is 0 Å². The van der Waals surface area contributed by atoms with E-state index in [2.05, 4.69) is 45.9 Å². The number of amides is 2. The highest BCUT2D eigenvalue weighted by molar-refractivity contribution is 7.80. The molecule has 4 rings (SSSR count). The quantitative estimate of drug-likeness (QED) is 0.130. The van der Waals surface area contributed by atoms with Crippen LogP contribution < -0.4 is 21.3 Å². The van der Waals surface area contributed by atoms with Crippen molar-refractivity contribution in [2.75, 3.05) is 11.5 Å². The lowest BCUT2D eigenvalue weighted by Gasteiger charge is -2.12. The Kier molecular flexibility index (Phi) is 11.1. The molecule has 0 saturated carbocycles. The molecule has 2 aromatic heterocycles. The zero-order valence-corrected chi connectivity index (χ0v) is 27.8. The second-order valence-corrected chi connectivity index (χ2v) is 12.6. The molecule has 6 N–H and O–H groups in total. The largest absolute Gasteiger partial charge is 0.481 e. The molecule has 12 heteroatoms. The van der Waals surface area contributed by atoms with E-state index in [4.69, 9.17) is 0 Å². The third-order valence-corrected chi connectivity index (χ3v) is 9.48. The first-order valence-corrected chi connectivity index (χ1v) is 16.4. The van der Waals surface area contributed by atoms with Crippen LogP contribution in [-0.2, 0) is 32.0 Å². The van der Waals surface area contributed by atoms with Crippen LogP contribution in [0.3, 0.4) is 0 Å². The topological polar surface area (TPSA) is 164 Å². The zero-order chi connectivity index (χ0) is 33.0. The van der Waals surface area contributed by atoms with Crippen molar-refractivity contribution in [3.05, 3.63) is 61.7 Å². The number of nitrogens with one attached hydrogen (secondary N) is 4. The Labute approximate surface area is 273 Å². The van der Waals surface area contributed by atoms with Crippen molar-refractivity contribution in [2.24, 2.45) is 17.8 Å². The van der Waals surface area contributed by atoms with E-state index in [-0.39, 0.29) is 61.3 Å². The molecule has 2 aliphatic rings. The molecule has 2 aromatic rings.